The maximum Gasteiger partial charge on any atom is 0.293 e. The molecule has 0 spiro atoms. The quantitative estimate of drug-likeness (QED) is 0.578. The average molecular weight is 389 g/mol. The van der Waals surface area contributed by atoms with Crippen LogP contribution in [0, 0.1) is 10.1 Å². The van der Waals surface area contributed by atoms with Gasteiger partial charge < -0.3 is 20.9 Å². The van der Waals surface area contributed by atoms with E-state index >= 15 is 0 Å². The first kappa shape index (κ1) is 20.1. The molecule has 2 aliphatic rings. The third-order valence-corrected chi connectivity index (χ3v) is 5.83. The minimum Gasteiger partial charge on any atom is -0.362 e. The zero-order chi connectivity index (χ0) is 20.3. The third kappa shape index (κ3) is 4.09. The molecule has 0 aromatic heterocycles. The van der Waals surface area contributed by atoms with Gasteiger partial charge in [-0.1, -0.05) is 12.8 Å². The van der Waals surface area contributed by atoms with Crippen LogP contribution in [0.5, 0.6) is 0 Å². The fourth-order valence-corrected chi connectivity index (χ4v) is 4.09. The molecule has 1 saturated heterocycles. The maximum absolute atomic E-state index is 12.7. The zero-order valence-corrected chi connectivity index (χ0v) is 16.1. The zero-order valence-electron chi connectivity index (χ0n) is 16.1. The van der Waals surface area contributed by atoms with Gasteiger partial charge in [0.2, 0.25) is 5.91 Å². The number of piperazine rings is 1. The average Bonchev–Trinajstić information content (AvgIpc) is 3.16. The van der Waals surface area contributed by atoms with Crippen molar-refractivity contribution < 1.29 is 14.5 Å². The summed E-state index contributed by atoms with van der Waals surface area (Å²) in [6.45, 7) is 3.95. The number of rotatable bonds is 5. The van der Waals surface area contributed by atoms with Gasteiger partial charge in [-0.25, -0.2) is 0 Å². The molecule has 3 N–H and O–H groups in total. The van der Waals surface area contributed by atoms with Crippen molar-refractivity contribution >= 4 is 23.2 Å². The van der Waals surface area contributed by atoms with E-state index in [4.69, 9.17) is 5.73 Å². The highest BCUT2D eigenvalue weighted by Crippen LogP contribution is 2.32. The number of nitrogens with zero attached hydrogens (tertiary/aromatic N) is 3. The molecule has 0 radical (unpaired) electrons. The van der Waals surface area contributed by atoms with Crippen molar-refractivity contribution in [3.63, 3.8) is 0 Å². The molecule has 9 heteroatoms. The number of hydrogen-bond donors (Lipinski definition) is 2. The summed E-state index contributed by atoms with van der Waals surface area (Å²) in [6.07, 6.45) is 3.69. The standard InChI is InChI=1S/C19H27N5O4/c1-14(25)22-8-10-23(11-9-22)16-5-4-15(12-17(16)24(27)28)18(26)21-19(13-20)6-2-3-7-19/h4-5,12H,2-3,6-11,13,20H2,1H3,(H,21,26). The minimum absolute atomic E-state index is 0.00177. The van der Waals surface area contributed by atoms with Crippen LogP contribution in [0.3, 0.4) is 0 Å². The van der Waals surface area contributed by atoms with Crippen molar-refractivity contribution in [3.05, 3.63) is 33.9 Å². The summed E-state index contributed by atoms with van der Waals surface area (Å²) in [5.74, 6) is -0.328. The Morgan fingerprint density at radius 2 is 1.86 bits per heavy atom. The van der Waals surface area contributed by atoms with Crippen LogP contribution in [0.25, 0.3) is 0 Å². The molecule has 0 unspecified atom stereocenters. The number of nitro groups is 1. The van der Waals surface area contributed by atoms with Crippen LogP contribution < -0.4 is 16.0 Å². The second kappa shape index (κ2) is 8.14. The van der Waals surface area contributed by atoms with E-state index in [0.29, 0.717) is 38.4 Å². The van der Waals surface area contributed by atoms with Crippen LogP contribution in [0.4, 0.5) is 11.4 Å². The Hall–Kier alpha value is -2.68. The number of hydrogen-bond acceptors (Lipinski definition) is 6. The number of nitrogens with one attached hydrogen (secondary N) is 1. The molecular weight excluding hydrogens is 362 g/mol. The van der Waals surface area contributed by atoms with Gasteiger partial charge in [0.1, 0.15) is 5.69 Å². The molecule has 2 fully saturated rings. The van der Waals surface area contributed by atoms with Crippen molar-refractivity contribution in [1.82, 2.24) is 10.2 Å². The van der Waals surface area contributed by atoms with Crippen molar-refractivity contribution in [2.24, 2.45) is 5.73 Å². The number of carbonyl (C=O) groups excluding carboxylic acids is 2. The van der Waals surface area contributed by atoms with E-state index in [1.807, 2.05) is 4.90 Å². The van der Waals surface area contributed by atoms with Gasteiger partial charge in [0.05, 0.1) is 10.5 Å². The Kier molecular flexibility index (Phi) is 5.83. The van der Waals surface area contributed by atoms with E-state index in [1.165, 1.54) is 13.0 Å². The molecular formula is C19H27N5O4. The van der Waals surface area contributed by atoms with Crippen LogP contribution in [-0.2, 0) is 4.79 Å². The Labute approximate surface area is 164 Å². The highest BCUT2D eigenvalue weighted by molar-refractivity contribution is 5.96. The van der Waals surface area contributed by atoms with Crippen LogP contribution in [-0.4, -0.2) is 59.9 Å². The Balaban J connectivity index is 1.79. The predicted molar refractivity (Wildman–Crippen MR) is 105 cm³/mol. The molecule has 2 amide bonds. The smallest absolute Gasteiger partial charge is 0.293 e. The fourth-order valence-electron chi connectivity index (χ4n) is 4.09. The molecule has 1 heterocycles. The highest BCUT2D eigenvalue weighted by Gasteiger charge is 2.34. The fraction of sp³-hybridized carbons (Fsp3) is 0.579. The lowest BCUT2D eigenvalue weighted by molar-refractivity contribution is -0.384. The molecule has 1 aromatic rings. The Bertz CT molecular complexity index is 768. The number of amides is 2. The molecule has 0 bridgehead atoms. The molecule has 1 aliphatic heterocycles. The number of nitro benzene ring substituents is 1. The summed E-state index contributed by atoms with van der Waals surface area (Å²) in [5, 5.41) is 14.6. The topological polar surface area (TPSA) is 122 Å². The van der Waals surface area contributed by atoms with Crippen LogP contribution in [0.1, 0.15) is 43.0 Å². The van der Waals surface area contributed by atoms with E-state index in [9.17, 15) is 19.7 Å². The van der Waals surface area contributed by atoms with Crippen molar-refractivity contribution in [1.29, 1.82) is 0 Å². The highest BCUT2D eigenvalue weighted by atomic mass is 16.6. The second-order valence-electron chi connectivity index (χ2n) is 7.60. The normalized spacial score (nSPS) is 18.8. The molecule has 3 rings (SSSR count). The van der Waals surface area contributed by atoms with Crippen molar-refractivity contribution in [2.75, 3.05) is 37.6 Å². The van der Waals surface area contributed by atoms with E-state index in [1.54, 1.807) is 17.0 Å². The third-order valence-electron chi connectivity index (χ3n) is 5.83. The van der Waals surface area contributed by atoms with Crippen molar-refractivity contribution in [3.8, 4) is 0 Å². The van der Waals surface area contributed by atoms with Gasteiger partial charge in [0.25, 0.3) is 11.6 Å². The summed E-state index contributed by atoms with van der Waals surface area (Å²) in [4.78, 5) is 39.0. The lowest BCUT2D eigenvalue weighted by atomic mass is 9.97. The number of carbonyl (C=O) groups is 2. The maximum atomic E-state index is 12.7. The summed E-state index contributed by atoms with van der Waals surface area (Å²) in [7, 11) is 0. The summed E-state index contributed by atoms with van der Waals surface area (Å²) in [5.41, 5.74) is 6.09. The van der Waals surface area contributed by atoms with Gasteiger partial charge in [-0.2, -0.15) is 0 Å². The largest absolute Gasteiger partial charge is 0.362 e. The van der Waals surface area contributed by atoms with Gasteiger partial charge in [0, 0.05) is 51.3 Å². The number of anilines is 1. The molecule has 1 saturated carbocycles. The minimum atomic E-state index is -0.461. The summed E-state index contributed by atoms with van der Waals surface area (Å²) < 4.78 is 0. The van der Waals surface area contributed by atoms with Gasteiger partial charge in [-0.15, -0.1) is 0 Å². The molecule has 1 aromatic carbocycles. The van der Waals surface area contributed by atoms with Crippen LogP contribution in [0.15, 0.2) is 18.2 Å². The monoisotopic (exact) mass is 389 g/mol. The molecule has 0 atom stereocenters. The molecule has 1 aliphatic carbocycles. The van der Waals surface area contributed by atoms with Crippen LogP contribution >= 0.6 is 0 Å². The van der Waals surface area contributed by atoms with E-state index in [0.717, 1.165) is 25.7 Å². The SMILES string of the molecule is CC(=O)N1CCN(c2ccc(C(=O)NC3(CN)CCCC3)cc2[N+](=O)[O-])CC1. The number of benzene rings is 1. The Morgan fingerprint density at radius 3 is 2.39 bits per heavy atom. The second-order valence-corrected chi connectivity index (χ2v) is 7.60. The van der Waals surface area contributed by atoms with E-state index in [-0.39, 0.29) is 23.1 Å². The first-order chi connectivity index (χ1) is 13.3. The lowest BCUT2D eigenvalue weighted by Gasteiger charge is -2.35. The first-order valence-corrected chi connectivity index (χ1v) is 9.67. The van der Waals surface area contributed by atoms with Gasteiger partial charge in [0.15, 0.2) is 0 Å². The van der Waals surface area contributed by atoms with Gasteiger partial charge >= 0.3 is 0 Å². The molecule has 9 nitrogen and oxygen atoms in total. The Morgan fingerprint density at radius 1 is 1.21 bits per heavy atom. The number of nitrogens with two attached hydrogens (primary N) is 1. The van der Waals surface area contributed by atoms with E-state index < -0.39 is 10.5 Å². The summed E-state index contributed by atoms with van der Waals surface area (Å²) in [6, 6.07) is 4.58. The summed E-state index contributed by atoms with van der Waals surface area (Å²) >= 11 is 0. The van der Waals surface area contributed by atoms with Crippen LogP contribution in [0.2, 0.25) is 0 Å². The van der Waals surface area contributed by atoms with E-state index in [2.05, 4.69) is 5.32 Å². The molecule has 152 valence electrons. The van der Waals surface area contributed by atoms with Crippen molar-refractivity contribution in [2.45, 2.75) is 38.1 Å². The predicted octanol–water partition coefficient (Wildman–Crippen LogP) is 1.26. The first-order valence-electron chi connectivity index (χ1n) is 9.67. The molecule has 28 heavy (non-hydrogen) atoms. The lowest BCUT2D eigenvalue weighted by Crippen LogP contribution is -2.51. The van der Waals surface area contributed by atoms with Gasteiger partial charge in [-0.05, 0) is 25.0 Å². The van der Waals surface area contributed by atoms with Gasteiger partial charge in [-0.3, -0.25) is 19.7 Å².